The van der Waals surface area contributed by atoms with E-state index in [1.54, 1.807) is 0 Å². The maximum atomic E-state index is 12.4. The summed E-state index contributed by atoms with van der Waals surface area (Å²) in [7, 11) is 1.98. The average Bonchev–Trinajstić information content (AvgIpc) is 2.90. The first kappa shape index (κ1) is 14.4. The molecule has 6 heteroatoms. The van der Waals surface area contributed by atoms with Crippen molar-refractivity contribution in [3.63, 3.8) is 0 Å². The van der Waals surface area contributed by atoms with Gasteiger partial charge in [0.15, 0.2) is 0 Å². The first-order valence-electron chi connectivity index (χ1n) is 7.97. The highest BCUT2D eigenvalue weighted by atomic mass is 16.2. The van der Waals surface area contributed by atoms with Crippen molar-refractivity contribution in [2.75, 3.05) is 32.7 Å². The van der Waals surface area contributed by atoms with Gasteiger partial charge in [-0.05, 0) is 25.8 Å². The molecule has 1 saturated heterocycles. The van der Waals surface area contributed by atoms with E-state index in [4.69, 9.17) is 0 Å². The summed E-state index contributed by atoms with van der Waals surface area (Å²) in [6.07, 6.45) is 5.10. The van der Waals surface area contributed by atoms with Gasteiger partial charge in [-0.1, -0.05) is 6.92 Å². The Morgan fingerprint density at radius 2 is 2.14 bits per heavy atom. The molecule has 1 unspecified atom stereocenters. The third-order valence-electron chi connectivity index (χ3n) is 4.78. The van der Waals surface area contributed by atoms with E-state index in [0.717, 1.165) is 52.0 Å². The molecule has 1 atom stereocenters. The number of aromatic nitrogens is 2. The summed E-state index contributed by atoms with van der Waals surface area (Å²) < 4.78 is 1.94. The van der Waals surface area contributed by atoms with Crippen LogP contribution in [0.15, 0.2) is 6.20 Å². The molecule has 1 N–H and O–H groups in total. The van der Waals surface area contributed by atoms with Crippen LogP contribution in [0.1, 0.15) is 37.1 Å². The van der Waals surface area contributed by atoms with Crippen LogP contribution in [0.5, 0.6) is 0 Å². The van der Waals surface area contributed by atoms with Crippen molar-refractivity contribution < 1.29 is 4.79 Å². The molecular weight excluding hydrogens is 266 g/mol. The number of hydrogen-bond acceptors (Lipinski definition) is 3. The normalized spacial score (nSPS) is 23.0. The number of amides is 2. The van der Waals surface area contributed by atoms with Gasteiger partial charge >= 0.3 is 6.03 Å². The van der Waals surface area contributed by atoms with E-state index in [9.17, 15) is 4.79 Å². The molecule has 3 rings (SSSR count). The summed E-state index contributed by atoms with van der Waals surface area (Å²) >= 11 is 0. The van der Waals surface area contributed by atoms with E-state index in [1.165, 1.54) is 11.3 Å². The third-order valence-corrected chi connectivity index (χ3v) is 4.78. The molecule has 0 radical (unpaired) electrons. The minimum absolute atomic E-state index is 0.0763. The van der Waals surface area contributed by atoms with E-state index >= 15 is 0 Å². The zero-order chi connectivity index (χ0) is 14.8. The van der Waals surface area contributed by atoms with Crippen molar-refractivity contribution in [3.05, 3.63) is 17.5 Å². The summed E-state index contributed by atoms with van der Waals surface area (Å²) in [5.74, 6) is 0. The number of carbonyl (C=O) groups is 1. The fraction of sp³-hybridized carbons (Fsp3) is 0.733. The SMILES string of the molecule is CCN1CCN(C(=O)NC2CCCc3c2cnn3C)CC1. The van der Waals surface area contributed by atoms with Gasteiger partial charge in [0, 0.05) is 44.5 Å². The Balaban J connectivity index is 1.61. The number of carbonyl (C=O) groups excluding carboxylic acids is 1. The van der Waals surface area contributed by atoms with Crippen molar-refractivity contribution in [1.29, 1.82) is 0 Å². The van der Waals surface area contributed by atoms with Crippen molar-refractivity contribution in [1.82, 2.24) is 24.9 Å². The zero-order valence-corrected chi connectivity index (χ0v) is 13.0. The summed E-state index contributed by atoms with van der Waals surface area (Å²) in [6, 6.07) is 0.201. The highest BCUT2D eigenvalue weighted by Gasteiger charge is 2.27. The van der Waals surface area contributed by atoms with Gasteiger partial charge in [0.2, 0.25) is 0 Å². The molecular formula is C15H25N5O. The molecule has 6 nitrogen and oxygen atoms in total. The Hall–Kier alpha value is -1.56. The van der Waals surface area contributed by atoms with E-state index in [1.807, 2.05) is 22.8 Å². The van der Waals surface area contributed by atoms with Gasteiger partial charge in [0.25, 0.3) is 0 Å². The fourth-order valence-electron chi connectivity index (χ4n) is 3.36. The van der Waals surface area contributed by atoms with Crippen LogP contribution >= 0.6 is 0 Å². The van der Waals surface area contributed by atoms with Crippen LogP contribution in [-0.4, -0.2) is 58.3 Å². The first-order valence-corrected chi connectivity index (χ1v) is 7.97. The van der Waals surface area contributed by atoms with Crippen LogP contribution in [0, 0.1) is 0 Å². The second kappa shape index (κ2) is 6.05. The maximum absolute atomic E-state index is 12.4. The quantitative estimate of drug-likeness (QED) is 0.889. The molecule has 0 aromatic carbocycles. The lowest BCUT2D eigenvalue weighted by Gasteiger charge is -2.35. The van der Waals surface area contributed by atoms with Crippen LogP contribution in [0.2, 0.25) is 0 Å². The van der Waals surface area contributed by atoms with Gasteiger partial charge in [0.05, 0.1) is 12.2 Å². The Kier molecular flexibility index (Phi) is 4.14. The van der Waals surface area contributed by atoms with Crippen molar-refractivity contribution in [2.24, 2.45) is 7.05 Å². The maximum Gasteiger partial charge on any atom is 0.317 e. The number of hydrogen-bond donors (Lipinski definition) is 1. The monoisotopic (exact) mass is 291 g/mol. The summed E-state index contributed by atoms with van der Waals surface area (Å²) in [5, 5.41) is 7.54. The topological polar surface area (TPSA) is 53.4 Å². The third kappa shape index (κ3) is 2.90. The molecule has 1 aliphatic heterocycles. The fourth-order valence-corrected chi connectivity index (χ4v) is 3.36. The number of aryl methyl sites for hydroxylation is 1. The lowest BCUT2D eigenvalue weighted by Crippen LogP contribution is -2.52. The minimum Gasteiger partial charge on any atom is -0.331 e. The lowest BCUT2D eigenvalue weighted by atomic mass is 9.93. The van der Waals surface area contributed by atoms with Gasteiger partial charge in [-0.15, -0.1) is 0 Å². The van der Waals surface area contributed by atoms with Crippen molar-refractivity contribution in [3.8, 4) is 0 Å². The Bertz CT molecular complexity index is 504. The molecule has 0 saturated carbocycles. The van der Waals surface area contributed by atoms with Crippen molar-refractivity contribution >= 4 is 6.03 Å². The van der Waals surface area contributed by atoms with Gasteiger partial charge < -0.3 is 15.1 Å². The van der Waals surface area contributed by atoms with Crippen molar-refractivity contribution in [2.45, 2.75) is 32.2 Å². The number of nitrogens with zero attached hydrogens (tertiary/aromatic N) is 4. The predicted octanol–water partition coefficient (Wildman–Crippen LogP) is 1.14. The molecule has 1 aromatic heterocycles. The molecule has 1 fully saturated rings. The minimum atomic E-state index is 0.0763. The van der Waals surface area contributed by atoms with E-state index in [-0.39, 0.29) is 12.1 Å². The number of urea groups is 1. The molecule has 2 heterocycles. The largest absolute Gasteiger partial charge is 0.331 e. The molecule has 0 bridgehead atoms. The molecule has 1 aromatic rings. The lowest BCUT2D eigenvalue weighted by molar-refractivity contribution is 0.140. The molecule has 2 amide bonds. The Morgan fingerprint density at radius 1 is 1.38 bits per heavy atom. The number of rotatable bonds is 2. The number of likely N-dealkylation sites (N-methyl/N-ethyl adjacent to an activating group) is 1. The van der Waals surface area contributed by atoms with Gasteiger partial charge in [-0.25, -0.2) is 4.79 Å². The van der Waals surface area contributed by atoms with Crippen LogP contribution in [0.25, 0.3) is 0 Å². The van der Waals surface area contributed by atoms with E-state index in [0.29, 0.717) is 0 Å². The molecule has 2 aliphatic rings. The second-order valence-corrected chi connectivity index (χ2v) is 5.99. The number of piperazine rings is 1. The summed E-state index contributed by atoms with van der Waals surface area (Å²) in [6.45, 7) is 6.84. The smallest absolute Gasteiger partial charge is 0.317 e. The number of fused-ring (bicyclic) bond motifs is 1. The zero-order valence-electron chi connectivity index (χ0n) is 13.0. The highest BCUT2D eigenvalue weighted by molar-refractivity contribution is 5.75. The standard InChI is InChI=1S/C15H25N5O/c1-3-19-7-9-20(10-8-19)15(21)17-13-5-4-6-14-12(13)11-16-18(14)2/h11,13H,3-10H2,1-2H3,(H,17,21). The molecule has 116 valence electrons. The van der Waals surface area contributed by atoms with Crippen LogP contribution < -0.4 is 5.32 Å². The Morgan fingerprint density at radius 3 is 2.86 bits per heavy atom. The first-order chi connectivity index (χ1) is 10.2. The summed E-state index contributed by atoms with van der Waals surface area (Å²) in [5.41, 5.74) is 2.46. The molecule has 21 heavy (non-hydrogen) atoms. The van der Waals surface area contributed by atoms with E-state index < -0.39 is 0 Å². The summed E-state index contributed by atoms with van der Waals surface area (Å²) in [4.78, 5) is 16.8. The van der Waals surface area contributed by atoms with Crippen LogP contribution in [0.3, 0.4) is 0 Å². The second-order valence-electron chi connectivity index (χ2n) is 5.99. The molecule has 0 spiro atoms. The Labute approximate surface area is 126 Å². The number of nitrogens with one attached hydrogen (secondary N) is 1. The van der Waals surface area contributed by atoms with Crippen LogP contribution in [-0.2, 0) is 13.5 Å². The predicted molar refractivity (Wildman–Crippen MR) is 81.1 cm³/mol. The molecule has 1 aliphatic carbocycles. The van der Waals surface area contributed by atoms with E-state index in [2.05, 4.69) is 22.2 Å². The highest BCUT2D eigenvalue weighted by Crippen LogP contribution is 2.29. The van der Waals surface area contributed by atoms with Gasteiger partial charge in [0.1, 0.15) is 0 Å². The van der Waals surface area contributed by atoms with Gasteiger partial charge in [-0.2, -0.15) is 5.10 Å². The van der Waals surface area contributed by atoms with Gasteiger partial charge in [-0.3, -0.25) is 4.68 Å². The van der Waals surface area contributed by atoms with Crippen LogP contribution in [0.4, 0.5) is 4.79 Å². The average molecular weight is 291 g/mol.